The summed E-state index contributed by atoms with van der Waals surface area (Å²) >= 11 is 0. The molecule has 64 valence electrons. The number of hydrogen-bond acceptors (Lipinski definition) is 2. The maximum Gasteiger partial charge on any atom is 0.119 e. The summed E-state index contributed by atoms with van der Waals surface area (Å²) in [6.07, 6.45) is 0. The van der Waals surface area contributed by atoms with Gasteiger partial charge in [-0.25, -0.2) is 0 Å². The Morgan fingerprint density at radius 3 is 2.58 bits per heavy atom. The van der Waals surface area contributed by atoms with Gasteiger partial charge in [0.15, 0.2) is 0 Å². The molecule has 1 aromatic rings. The molecule has 1 aromatic carbocycles. The third kappa shape index (κ3) is 1.43. The Morgan fingerprint density at radius 1 is 1.25 bits per heavy atom. The molecule has 0 aromatic heterocycles. The number of hydrogen-bond donors (Lipinski definition) is 0. The molecule has 0 N–H and O–H groups in total. The number of anilines is 1. The van der Waals surface area contributed by atoms with Crippen LogP contribution in [-0.2, 0) is 4.74 Å². The minimum Gasteiger partial charge on any atom is -0.359 e. The maximum absolute atomic E-state index is 5.27. The van der Waals surface area contributed by atoms with E-state index in [9.17, 15) is 0 Å². The number of rotatable bonds is 1. The third-order valence-corrected chi connectivity index (χ3v) is 2.15. The molecule has 1 saturated heterocycles. The van der Waals surface area contributed by atoms with E-state index in [1.807, 2.05) is 0 Å². The van der Waals surface area contributed by atoms with Crippen molar-refractivity contribution in [2.45, 2.75) is 6.92 Å². The highest BCUT2D eigenvalue weighted by molar-refractivity contribution is 5.47. The van der Waals surface area contributed by atoms with Crippen molar-refractivity contribution in [3.8, 4) is 0 Å². The van der Waals surface area contributed by atoms with Crippen LogP contribution in [0.2, 0.25) is 0 Å². The Morgan fingerprint density at radius 2 is 2.00 bits per heavy atom. The Hall–Kier alpha value is -1.02. The van der Waals surface area contributed by atoms with Crippen molar-refractivity contribution in [3.63, 3.8) is 0 Å². The van der Waals surface area contributed by atoms with E-state index < -0.39 is 0 Å². The molecule has 0 saturated carbocycles. The highest BCUT2D eigenvalue weighted by atomic mass is 16.5. The topological polar surface area (TPSA) is 12.5 Å². The van der Waals surface area contributed by atoms with E-state index in [1.54, 1.807) is 0 Å². The van der Waals surface area contributed by atoms with E-state index in [2.05, 4.69) is 36.1 Å². The van der Waals surface area contributed by atoms with Crippen molar-refractivity contribution in [3.05, 3.63) is 29.8 Å². The minimum absolute atomic E-state index is 0.739. The van der Waals surface area contributed by atoms with Crippen LogP contribution in [0.25, 0.3) is 0 Å². The molecule has 0 unspecified atom stereocenters. The van der Waals surface area contributed by atoms with Crippen LogP contribution in [0.3, 0.4) is 0 Å². The summed E-state index contributed by atoms with van der Waals surface area (Å²) in [5.74, 6) is 0. The van der Waals surface area contributed by atoms with Crippen molar-refractivity contribution < 1.29 is 4.74 Å². The zero-order valence-electron chi connectivity index (χ0n) is 7.29. The molecule has 0 atom stereocenters. The van der Waals surface area contributed by atoms with Gasteiger partial charge in [-0.1, -0.05) is 17.7 Å². The lowest BCUT2D eigenvalue weighted by molar-refractivity contribution is 0.201. The van der Waals surface area contributed by atoms with Gasteiger partial charge in [0, 0.05) is 12.2 Å². The van der Waals surface area contributed by atoms with Gasteiger partial charge in [-0.05, 0) is 19.1 Å². The van der Waals surface area contributed by atoms with Crippen molar-refractivity contribution in [1.82, 2.24) is 0 Å². The monoisotopic (exact) mass is 163 g/mol. The normalized spacial score (nSPS) is 16.9. The van der Waals surface area contributed by atoms with Gasteiger partial charge >= 0.3 is 0 Å². The highest BCUT2D eigenvalue weighted by Gasteiger charge is 2.11. The summed E-state index contributed by atoms with van der Waals surface area (Å²) in [6.45, 7) is 4.71. The van der Waals surface area contributed by atoms with Gasteiger partial charge < -0.3 is 9.64 Å². The molecule has 1 aliphatic rings. The quantitative estimate of drug-likeness (QED) is 0.625. The Balaban J connectivity index is 2.17. The van der Waals surface area contributed by atoms with Gasteiger partial charge in [0.2, 0.25) is 0 Å². The van der Waals surface area contributed by atoms with Gasteiger partial charge in [-0.3, -0.25) is 0 Å². The first-order valence-corrected chi connectivity index (χ1v) is 4.25. The molecular formula is C10H13NO. The molecule has 0 spiro atoms. The fourth-order valence-corrected chi connectivity index (χ4v) is 1.37. The largest absolute Gasteiger partial charge is 0.359 e. The first-order chi connectivity index (χ1) is 5.86. The molecule has 0 amide bonds. The van der Waals surface area contributed by atoms with Crippen LogP contribution in [0.5, 0.6) is 0 Å². The first-order valence-electron chi connectivity index (χ1n) is 4.25. The van der Waals surface area contributed by atoms with Crippen LogP contribution in [0.1, 0.15) is 5.56 Å². The lowest BCUT2D eigenvalue weighted by atomic mass is 10.2. The average molecular weight is 163 g/mol. The summed E-state index contributed by atoms with van der Waals surface area (Å²) < 4.78 is 5.27. The van der Waals surface area contributed by atoms with Gasteiger partial charge in [0.25, 0.3) is 0 Å². The van der Waals surface area contributed by atoms with Crippen LogP contribution < -0.4 is 4.90 Å². The van der Waals surface area contributed by atoms with Gasteiger partial charge in [0.1, 0.15) is 6.73 Å². The number of ether oxygens (including phenoxy) is 1. The second-order valence-corrected chi connectivity index (χ2v) is 3.14. The van der Waals surface area contributed by atoms with E-state index in [4.69, 9.17) is 4.74 Å². The zero-order chi connectivity index (χ0) is 8.39. The molecular weight excluding hydrogens is 150 g/mol. The fourth-order valence-electron chi connectivity index (χ4n) is 1.37. The van der Waals surface area contributed by atoms with E-state index in [0.717, 1.165) is 19.9 Å². The van der Waals surface area contributed by atoms with Crippen LogP contribution in [0.15, 0.2) is 24.3 Å². The van der Waals surface area contributed by atoms with Gasteiger partial charge in [0.05, 0.1) is 6.61 Å². The molecule has 1 fully saturated rings. The van der Waals surface area contributed by atoms with Crippen LogP contribution in [-0.4, -0.2) is 19.9 Å². The summed E-state index contributed by atoms with van der Waals surface area (Å²) in [5.41, 5.74) is 2.57. The van der Waals surface area contributed by atoms with E-state index >= 15 is 0 Å². The standard InChI is InChI=1S/C10H13NO/c1-9-2-4-10(5-3-9)11-6-7-12-8-11/h2-5H,6-8H2,1H3. The Bertz CT molecular complexity index is 249. The summed E-state index contributed by atoms with van der Waals surface area (Å²) in [6, 6.07) is 8.55. The molecule has 12 heavy (non-hydrogen) atoms. The lowest BCUT2D eigenvalue weighted by Gasteiger charge is -2.15. The second kappa shape index (κ2) is 3.15. The van der Waals surface area contributed by atoms with Crippen molar-refractivity contribution in [2.75, 3.05) is 24.8 Å². The molecule has 0 aliphatic carbocycles. The first kappa shape index (κ1) is 7.62. The molecule has 0 bridgehead atoms. The molecule has 2 heteroatoms. The maximum atomic E-state index is 5.27. The third-order valence-electron chi connectivity index (χ3n) is 2.15. The van der Waals surface area contributed by atoms with Crippen LogP contribution in [0.4, 0.5) is 5.69 Å². The summed E-state index contributed by atoms with van der Waals surface area (Å²) in [4.78, 5) is 2.24. The highest BCUT2D eigenvalue weighted by Crippen LogP contribution is 2.16. The van der Waals surface area contributed by atoms with Crippen LogP contribution >= 0.6 is 0 Å². The molecule has 0 radical (unpaired) electrons. The van der Waals surface area contributed by atoms with E-state index in [1.165, 1.54) is 11.3 Å². The Labute approximate surface area is 72.8 Å². The summed E-state index contributed by atoms with van der Waals surface area (Å²) in [7, 11) is 0. The van der Waals surface area contributed by atoms with Crippen LogP contribution in [0, 0.1) is 6.92 Å². The minimum atomic E-state index is 0.739. The smallest absolute Gasteiger partial charge is 0.119 e. The zero-order valence-corrected chi connectivity index (χ0v) is 7.29. The SMILES string of the molecule is Cc1ccc(N2CCOC2)cc1. The number of nitrogens with zero attached hydrogens (tertiary/aromatic N) is 1. The lowest BCUT2D eigenvalue weighted by Crippen LogP contribution is -2.18. The molecule has 2 nitrogen and oxygen atoms in total. The molecule has 2 rings (SSSR count). The predicted molar refractivity (Wildman–Crippen MR) is 49.3 cm³/mol. The van der Waals surface area contributed by atoms with Gasteiger partial charge in [-0.15, -0.1) is 0 Å². The predicted octanol–water partition coefficient (Wildman–Crippen LogP) is 1.79. The van der Waals surface area contributed by atoms with Crippen molar-refractivity contribution in [1.29, 1.82) is 0 Å². The number of aryl methyl sites for hydroxylation is 1. The van der Waals surface area contributed by atoms with Crippen molar-refractivity contribution in [2.24, 2.45) is 0 Å². The second-order valence-electron chi connectivity index (χ2n) is 3.14. The van der Waals surface area contributed by atoms with E-state index in [-0.39, 0.29) is 0 Å². The van der Waals surface area contributed by atoms with Crippen molar-refractivity contribution >= 4 is 5.69 Å². The van der Waals surface area contributed by atoms with Gasteiger partial charge in [-0.2, -0.15) is 0 Å². The summed E-state index contributed by atoms with van der Waals surface area (Å²) in [5, 5.41) is 0. The molecule has 1 heterocycles. The Kier molecular flexibility index (Phi) is 2.00. The fraction of sp³-hybridized carbons (Fsp3) is 0.400. The molecule has 1 aliphatic heterocycles. The number of benzene rings is 1. The van der Waals surface area contributed by atoms with E-state index in [0.29, 0.717) is 0 Å². The average Bonchev–Trinajstić information content (AvgIpc) is 2.58.